The Morgan fingerprint density at radius 3 is 0.862 bits per heavy atom. The SMILES string of the molecule is CC/C=C\C/C=C\C/C=C\C/C=C\C/C=C\CCCC(=O)OCC(COC(=O)CC/C=C\C/C=C\C/C=C\C/C=C\CC)OC(=O)CCC/C=C\C/C=C\C/C=C\C/C=C\C/C=C\CC. The molecular weight excluding hydrogens is 805 g/mol. The van der Waals surface area contributed by atoms with Crippen molar-refractivity contribution >= 4 is 17.9 Å². The average Bonchev–Trinajstić information content (AvgIpc) is 3.30. The molecule has 0 aromatic heterocycles. The van der Waals surface area contributed by atoms with E-state index < -0.39 is 18.0 Å². The largest absolute Gasteiger partial charge is 0.462 e. The van der Waals surface area contributed by atoms with Gasteiger partial charge in [0.05, 0.1) is 0 Å². The topological polar surface area (TPSA) is 78.9 Å². The lowest BCUT2D eigenvalue weighted by molar-refractivity contribution is -0.166. The highest BCUT2D eigenvalue weighted by Gasteiger charge is 2.19. The second-order valence-electron chi connectivity index (χ2n) is 15.2. The van der Waals surface area contributed by atoms with Crippen molar-refractivity contribution < 1.29 is 28.6 Å². The van der Waals surface area contributed by atoms with Gasteiger partial charge in [-0.15, -0.1) is 0 Å². The molecule has 0 saturated heterocycles. The van der Waals surface area contributed by atoms with E-state index in [2.05, 4.69) is 179 Å². The molecule has 0 aromatic rings. The zero-order valence-corrected chi connectivity index (χ0v) is 40.7. The first-order valence-electron chi connectivity index (χ1n) is 24.6. The van der Waals surface area contributed by atoms with E-state index in [1.165, 1.54) is 0 Å². The van der Waals surface area contributed by atoms with Gasteiger partial charge in [-0.25, -0.2) is 0 Å². The summed E-state index contributed by atoms with van der Waals surface area (Å²) in [4.78, 5) is 37.9. The molecule has 0 aliphatic rings. The van der Waals surface area contributed by atoms with E-state index in [-0.39, 0.29) is 38.4 Å². The number of carbonyl (C=O) groups excluding carboxylic acids is 3. The minimum Gasteiger partial charge on any atom is -0.462 e. The van der Waals surface area contributed by atoms with E-state index >= 15 is 0 Å². The Kier molecular flexibility index (Phi) is 47.3. The number of hydrogen-bond acceptors (Lipinski definition) is 6. The second kappa shape index (κ2) is 51.4. The Morgan fingerprint density at radius 1 is 0.308 bits per heavy atom. The average molecular weight is 891 g/mol. The van der Waals surface area contributed by atoms with Crippen LogP contribution in [-0.4, -0.2) is 37.2 Å². The van der Waals surface area contributed by atoms with E-state index in [1.54, 1.807) is 0 Å². The molecule has 0 amide bonds. The van der Waals surface area contributed by atoms with Gasteiger partial charge in [0.2, 0.25) is 0 Å². The monoisotopic (exact) mass is 891 g/mol. The Morgan fingerprint density at radius 2 is 0.554 bits per heavy atom. The molecule has 6 heteroatoms. The molecule has 0 radical (unpaired) electrons. The zero-order chi connectivity index (χ0) is 47.2. The summed E-state index contributed by atoms with van der Waals surface area (Å²) in [5.74, 6) is -1.18. The van der Waals surface area contributed by atoms with Gasteiger partial charge in [-0.2, -0.15) is 0 Å². The highest BCUT2D eigenvalue weighted by atomic mass is 16.6. The van der Waals surface area contributed by atoms with E-state index in [9.17, 15) is 14.4 Å². The fourth-order valence-electron chi connectivity index (χ4n) is 5.64. The smallest absolute Gasteiger partial charge is 0.306 e. The predicted molar refractivity (Wildman–Crippen MR) is 278 cm³/mol. The second-order valence-corrected chi connectivity index (χ2v) is 15.2. The number of carbonyl (C=O) groups is 3. The van der Waals surface area contributed by atoms with Crippen LogP contribution in [0.25, 0.3) is 0 Å². The first-order valence-corrected chi connectivity index (χ1v) is 24.6. The molecular formula is C59H86O6. The van der Waals surface area contributed by atoms with Crippen molar-refractivity contribution in [3.05, 3.63) is 170 Å². The highest BCUT2D eigenvalue weighted by molar-refractivity contribution is 5.71. The molecule has 1 atom stereocenters. The van der Waals surface area contributed by atoms with Gasteiger partial charge in [0.15, 0.2) is 6.10 Å². The molecule has 1 unspecified atom stereocenters. The van der Waals surface area contributed by atoms with Crippen LogP contribution in [-0.2, 0) is 28.6 Å². The third-order valence-corrected chi connectivity index (χ3v) is 9.21. The van der Waals surface area contributed by atoms with Gasteiger partial charge in [0, 0.05) is 19.3 Å². The molecule has 0 aliphatic heterocycles. The van der Waals surface area contributed by atoms with Gasteiger partial charge in [-0.3, -0.25) is 14.4 Å². The maximum absolute atomic E-state index is 12.8. The summed E-state index contributed by atoms with van der Waals surface area (Å²) in [6, 6.07) is 0. The van der Waals surface area contributed by atoms with Crippen molar-refractivity contribution in [1.29, 1.82) is 0 Å². The normalized spacial score (nSPS) is 13.6. The van der Waals surface area contributed by atoms with Gasteiger partial charge >= 0.3 is 17.9 Å². The van der Waals surface area contributed by atoms with E-state index in [0.29, 0.717) is 19.3 Å². The molecule has 0 N–H and O–H groups in total. The molecule has 0 spiro atoms. The van der Waals surface area contributed by atoms with E-state index in [0.717, 1.165) is 103 Å². The lowest BCUT2D eigenvalue weighted by Crippen LogP contribution is -2.30. The van der Waals surface area contributed by atoms with Crippen molar-refractivity contribution in [2.75, 3.05) is 13.2 Å². The fourth-order valence-corrected chi connectivity index (χ4v) is 5.64. The van der Waals surface area contributed by atoms with Crippen molar-refractivity contribution in [3.8, 4) is 0 Å². The number of ether oxygens (including phenoxy) is 3. The molecule has 0 aliphatic carbocycles. The van der Waals surface area contributed by atoms with Crippen LogP contribution in [0.15, 0.2) is 170 Å². The first kappa shape index (κ1) is 59.8. The number of unbranched alkanes of at least 4 members (excludes halogenated alkanes) is 2. The van der Waals surface area contributed by atoms with Crippen molar-refractivity contribution in [2.24, 2.45) is 0 Å². The van der Waals surface area contributed by atoms with E-state index in [4.69, 9.17) is 14.2 Å². The van der Waals surface area contributed by atoms with Gasteiger partial charge < -0.3 is 14.2 Å². The number of allylic oxidation sites excluding steroid dienone is 28. The molecule has 358 valence electrons. The zero-order valence-electron chi connectivity index (χ0n) is 40.7. The summed E-state index contributed by atoms with van der Waals surface area (Å²) >= 11 is 0. The first-order chi connectivity index (χ1) is 32.0. The van der Waals surface area contributed by atoms with E-state index in [1.807, 2.05) is 12.2 Å². The summed E-state index contributed by atoms with van der Waals surface area (Å²) in [5, 5.41) is 0. The van der Waals surface area contributed by atoms with Crippen LogP contribution in [0.1, 0.15) is 162 Å². The van der Waals surface area contributed by atoms with Crippen LogP contribution in [0.2, 0.25) is 0 Å². The molecule has 6 nitrogen and oxygen atoms in total. The predicted octanol–water partition coefficient (Wildman–Crippen LogP) is 16.4. The van der Waals surface area contributed by atoms with Gasteiger partial charge in [-0.1, -0.05) is 191 Å². The van der Waals surface area contributed by atoms with Crippen LogP contribution in [0.3, 0.4) is 0 Å². The third kappa shape index (κ3) is 49.6. The molecule has 0 saturated carbocycles. The maximum Gasteiger partial charge on any atom is 0.306 e. The molecule has 0 bridgehead atoms. The lowest BCUT2D eigenvalue weighted by atomic mass is 10.2. The van der Waals surface area contributed by atoms with Crippen molar-refractivity contribution in [2.45, 2.75) is 168 Å². The number of hydrogen-bond donors (Lipinski definition) is 0. The minimum atomic E-state index is -0.868. The molecule has 0 aromatic carbocycles. The maximum atomic E-state index is 12.8. The summed E-state index contributed by atoms with van der Waals surface area (Å²) in [6.07, 6.45) is 76.5. The van der Waals surface area contributed by atoms with Crippen molar-refractivity contribution in [1.82, 2.24) is 0 Å². The summed E-state index contributed by atoms with van der Waals surface area (Å²) < 4.78 is 16.6. The fraction of sp³-hybridized carbons (Fsp3) is 0.475. The van der Waals surface area contributed by atoms with Crippen molar-refractivity contribution in [3.63, 3.8) is 0 Å². The Balaban J connectivity index is 4.70. The Labute approximate surface area is 396 Å². The summed E-state index contributed by atoms with van der Waals surface area (Å²) in [5.41, 5.74) is 0. The highest BCUT2D eigenvalue weighted by Crippen LogP contribution is 2.08. The summed E-state index contributed by atoms with van der Waals surface area (Å²) in [7, 11) is 0. The van der Waals surface area contributed by atoms with Crippen LogP contribution in [0, 0.1) is 0 Å². The quantitative estimate of drug-likeness (QED) is 0.0263. The Bertz CT molecular complexity index is 1590. The van der Waals surface area contributed by atoms with Crippen LogP contribution in [0.4, 0.5) is 0 Å². The Hall–Kier alpha value is -5.23. The molecule has 65 heavy (non-hydrogen) atoms. The van der Waals surface area contributed by atoms with Crippen LogP contribution < -0.4 is 0 Å². The molecule has 0 rings (SSSR count). The third-order valence-electron chi connectivity index (χ3n) is 9.21. The van der Waals surface area contributed by atoms with Gasteiger partial charge in [0.25, 0.3) is 0 Å². The lowest BCUT2D eigenvalue weighted by Gasteiger charge is -2.18. The van der Waals surface area contributed by atoms with Gasteiger partial charge in [0.1, 0.15) is 13.2 Å². The van der Waals surface area contributed by atoms with Gasteiger partial charge in [-0.05, 0) is 122 Å². The summed E-state index contributed by atoms with van der Waals surface area (Å²) in [6.45, 7) is 6.09. The minimum absolute atomic E-state index is 0.162. The van der Waals surface area contributed by atoms with Crippen LogP contribution in [0.5, 0.6) is 0 Å². The number of esters is 3. The molecule has 0 fully saturated rings. The number of rotatable bonds is 41. The standard InChI is InChI=1S/C59H86O6/c1-4-7-10-13-16-19-22-25-27-29-31-34-37-40-43-46-49-52-58(61)64-55-56(54-63-57(60)51-48-45-42-39-36-33-24-21-18-15-12-9-6-3)65-59(62)53-50-47-44-41-38-35-32-30-28-26-23-20-17-14-11-8-5-2/h7-12,16-21,25-28,31-36,40-45,56H,4-6,13-15,22-24,29-30,37-39,46-55H2,1-3H3/b10-7-,11-8-,12-9-,19-16-,20-17-,21-18-,27-25-,28-26-,34-31-,35-32-,36-33-,43-40-,44-41-,45-42-. The van der Waals surface area contributed by atoms with Crippen LogP contribution >= 0.6 is 0 Å². The molecule has 0 heterocycles.